The van der Waals surface area contributed by atoms with Crippen LogP contribution in [0.1, 0.15) is 5.56 Å². The van der Waals surface area contributed by atoms with Gasteiger partial charge in [0.1, 0.15) is 5.75 Å². The van der Waals surface area contributed by atoms with E-state index in [1.807, 2.05) is 6.07 Å². The minimum Gasteiger partial charge on any atom is -0.484 e. The Kier molecular flexibility index (Phi) is 5.60. The molecule has 0 saturated heterocycles. The summed E-state index contributed by atoms with van der Waals surface area (Å²) in [6, 6.07) is 13.9. The molecular formula is C15H12Cl2N2O2. The van der Waals surface area contributed by atoms with E-state index in [-0.39, 0.29) is 12.5 Å². The summed E-state index contributed by atoms with van der Waals surface area (Å²) < 4.78 is 5.28. The average molecular weight is 323 g/mol. The summed E-state index contributed by atoms with van der Waals surface area (Å²) in [5, 5.41) is 4.98. The van der Waals surface area contributed by atoms with Crippen molar-refractivity contribution in [2.45, 2.75) is 0 Å². The molecule has 0 fully saturated rings. The molecule has 0 bridgehead atoms. The first-order valence-corrected chi connectivity index (χ1v) is 6.85. The van der Waals surface area contributed by atoms with Crippen LogP contribution in [0.4, 0.5) is 0 Å². The number of carbonyl (C=O) groups is 1. The molecule has 0 saturated carbocycles. The van der Waals surface area contributed by atoms with E-state index in [0.29, 0.717) is 15.8 Å². The van der Waals surface area contributed by atoms with Gasteiger partial charge in [-0.15, -0.1) is 0 Å². The Hall–Kier alpha value is -2.04. The third kappa shape index (κ3) is 5.45. The molecule has 1 N–H and O–H groups in total. The van der Waals surface area contributed by atoms with E-state index in [4.69, 9.17) is 27.9 Å². The third-order valence-corrected chi connectivity index (χ3v) is 2.89. The van der Waals surface area contributed by atoms with Crippen molar-refractivity contribution in [2.75, 3.05) is 6.61 Å². The topological polar surface area (TPSA) is 50.7 Å². The van der Waals surface area contributed by atoms with Gasteiger partial charge in [-0.25, -0.2) is 5.43 Å². The van der Waals surface area contributed by atoms with Gasteiger partial charge in [-0.05, 0) is 35.9 Å². The van der Waals surface area contributed by atoms with Crippen LogP contribution in [0, 0.1) is 0 Å². The SMILES string of the molecule is O=C(COc1cccc(Cl)c1)N/N=C\c1cccc(Cl)c1. The Balaban J connectivity index is 1.80. The molecule has 0 radical (unpaired) electrons. The van der Waals surface area contributed by atoms with E-state index in [9.17, 15) is 4.79 Å². The van der Waals surface area contributed by atoms with E-state index in [0.717, 1.165) is 5.56 Å². The van der Waals surface area contributed by atoms with Crippen molar-refractivity contribution >= 4 is 35.3 Å². The van der Waals surface area contributed by atoms with Gasteiger partial charge in [0.05, 0.1) is 6.21 Å². The van der Waals surface area contributed by atoms with Crippen LogP contribution in [0.3, 0.4) is 0 Å². The van der Waals surface area contributed by atoms with Gasteiger partial charge in [-0.2, -0.15) is 5.10 Å². The minimum absolute atomic E-state index is 0.146. The molecule has 0 heterocycles. The molecule has 108 valence electrons. The number of hydrogen-bond donors (Lipinski definition) is 1. The van der Waals surface area contributed by atoms with Crippen molar-refractivity contribution in [2.24, 2.45) is 5.10 Å². The number of amides is 1. The monoisotopic (exact) mass is 322 g/mol. The lowest BCUT2D eigenvalue weighted by Gasteiger charge is -2.04. The predicted molar refractivity (Wildman–Crippen MR) is 84.1 cm³/mol. The van der Waals surface area contributed by atoms with Crippen molar-refractivity contribution in [1.29, 1.82) is 0 Å². The Bertz CT molecular complexity index is 660. The molecule has 4 nitrogen and oxygen atoms in total. The average Bonchev–Trinajstić information content (AvgIpc) is 2.45. The summed E-state index contributed by atoms with van der Waals surface area (Å²) in [5.74, 6) is 0.157. The van der Waals surface area contributed by atoms with Crippen LogP contribution in [0.25, 0.3) is 0 Å². The summed E-state index contributed by atoms with van der Waals surface area (Å²) in [6.07, 6.45) is 1.50. The Morgan fingerprint density at radius 2 is 1.86 bits per heavy atom. The minimum atomic E-state index is -0.367. The number of benzene rings is 2. The normalized spacial score (nSPS) is 10.6. The fraction of sp³-hybridized carbons (Fsp3) is 0.0667. The summed E-state index contributed by atoms with van der Waals surface area (Å²) in [5.41, 5.74) is 3.16. The highest BCUT2D eigenvalue weighted by molar-refractivity contribution is 6.31. The first kappa shape index (κ1) is 15.4. The van der Waals surface area contributed by atoms with Gasteiger partial charge in [0.15, 0.2) is 6.61 Å². The van der Waals surface area contributed by atoms with Gasteiger partial charge in [0.25, 0.3) is 5.91 Å². The first-order chi connectivity index (χ1) is 10.1. The van der Waals surface area contributed by atoms with E-state index < -0.39 is 0 Å². The van der Waals surface area contributed by atoms with Crippen LogP contribution in [-0.2, 0) is 4.79 Å². The molecule has 21 heavy (non-hydrogen) atoms. The number of rotatable bonds is 5. The molecule has 0 aliphatic carbocycles. The zero-order valence-corrected chi connectivity index (χ0v) is 12.4. The van der Waals surface area contributed by atoms with E-state index >= 15 is 0 Å². The van der Waals surface area contributed by atoms with Crippen molar-refractivity contribution in [3.8, 4) is 5.75 Å². The predicted octanol–water partition coefficient (Wildman–Crippen LogP) is 3.52. The molecule has 0 aliphatic heterocycles. The quantitative estimate of drug-likeness (QED) is 0.676. The summed E-state index contributed by atoms with van der Waals surface area (Å²) in [6.45, 7) is -0.146. The molecule has 0 spiro atoms. The van der Waals surface area contributed by atoms with Crippen LogP contribution in [0.15, 0.2) is 53.6 Å². The Labute approximate surface area is 132 Å². The molecule has 0 aliphatic rings. The van der Waals surface area contributed by atoms with Gasteiger partial charge < -0.3 is 4.74 Å². The van der Waals surface area contributed by atoms with Gasteiger partial charge in [0, 0.05) is 10.0 Å². The second-order valence-electron chi connectivity index (χ2n) is 4.09. The first-order valence-electron chi connectivity index (χ1n) is 6.09. The molecule has 2 aromatic rings. The molecule has 2 aromatic carbocycles. The fourth-order valence-corrected chi connectivity index (χ4v) is 1.88. The number of ether oxygens (including phenoxy) is 1. The molecule has 0 atom stereocenters. The zero-order valence-electron chi connectivity index (χ0n) is 10.9. The molecule has 1 amide bonds. The Morgan fingerprint density at radius 3 is 2.57 bits per heavy atom. The smallest absolute Gasteiger partial charge is 0.277 e. The van der Waals surface area contributed by atoms with Crippen LogP contribution >= 0.6 is 23.2 Å². The number of halogens is 2. The van der Waals surface area contributed by atoms with E-state index in [1.165, 1.54) is 6.21 Å². The highest BCUT2D eigenvalue weighted by Crippen LogP contribution is 2.16. The molecule has 0 aromatic heterocycles. The summed E-state index contributed by atoms with van der Waals surface area (Å²) >= 11 is 11.6. The number of nitrogens with one attached hydrogen (secondary N) is 1. The number of carbonyl (C=O) groups excluding carboxylic acids is 1. The third-order valence-electron chi connectivity index (χ3n) is 2.42. The second kappa shape index (κ2) is 7.67. The summed E-state index contributed by atoms with van der Waals surface area (Å²) in [7, 11) is 0. The molecule has 2 rings (SSSR count). The van der Waals surface area contributed by atoms with Crippen molar-refractivity contribution in [3.05, 3.63) is 64.1 Å². The van der Waals surface area contributed by atoms with Gasteiger partial charge in [-0.1, -0.05) is 41.4 Å². The van der Waals surface area contributed by atoms with Gasteiger partial charge in [0.2, 0.25) is 0 Å². The summed E-state index contributed by atoms with van der Waals surface area (Å²) in [4.78, 5) is 11.5. The molecule has 6 heteroatoms. The van der Waals surface area contributed by atoms with E-state index in [1.54, 1.807) is 42.5 Å². The largest absolute Gasteiger partial charge is 0.484 e. The molecular weight excluding hydrogens is 311 g/mol. The highest BCUT2D eigenvalue weighted by atomic mass is 35.5. The molecule has 0 unspecified atom stereocenters. The lowest BCUT2D eigenvalue weighted by molar-refractivity contribution is -0.123. The van der Waals surface area contributed by atoms with Gasteiger partial charge in [-0.3, -0.25) is 4.79 Å². The van der Waals surface area contributed by atoms with Crippen LogP contribution < -0.4 is 10.2 Å². The van der Waals surface area contributed by atoms with E-state index in [2.05, 4.69) is 10.5 Å². The standard InChI is InChI=1S/C15H12Cl2N2O2/c16-12-4-1-3-11(7-12)9-18-19-15(20)10-21-14-6-2-5-13(17)8-14/h1-9H,10H2,(H,19,20)/b18-9-. The van der Waals surface area contributed by atoms with Crippen LogP contribution in [-0.4, -0.2) is 18.7 Å². The van der Waals surface area contributed by atoms with Crippen LogP contribution in [0.5, 0.6) is 5.75 Å². The maximum absolute atomic E-state index is 11.5. The van der Waals surface area contributed by atoms with Crippen LogP contribution in [0.2, 0.25) is 10.0 Å². The lowest BCUT2D eigenvalue weighted by Crippen LogP contribution is -2.24. The lowest BCUT2D eigenvalue weighted by atomic mass is 10.2. The maximum Gasteiger partial charge on any atom is 0.277 e. The maximum atomic E-state index is 11.5. The van der Waals surface area contributed by atoms with Gasteiger partial charge >= 0.3 is 0 Å². The number of nitrogens with zero attached hydrogens (tertiary/aromatic N) is 1. The zero-order chi connectivity index (χ0) is 15.1. The van der Waals surface area contributed by atoms with Crippen molar-refractivity contribution in [3.63, 3.8) is 0 Å². The number of hydrazone groups is 1. The number of hydrogen-bond acceptors (Lipinski definition) is 3. The second-order valence-corrected chi connectivity index (χ2v) is 4.97. The fourth-order valence-electron chi connectivity index (χ4n) is 1.50. The Morgan fingerprint density at radius 1 is 1.14 bits per heavy atom. The van der Waals surface area contributed by atoms with Crippen molar-refractivity contribution in [1.82, 2.24) is 5.43 Å². The van der Waals surface area contributed by atoms with Crippen molar-refractivity contribution < 1.29 is 9.53 Å². The highest BCUT2D eigenvalue weighted by Gasteiger charge is 2.01.